The van der Waals surface area contributed by atoms with E-state index in [1.165, 1.54) is 0 Å². The molecule has 2 heterocycles. The molecule has 2 aromatic heterocycles. The molecular formula is C19H15N3O. The Bertz CT molecular complexity index is 953. The van der Waals surface area contributed by atoms with Crippen molar-refractivity contribution in [3.8, 4) is 23.7 Å². The predicted molar refractivity (Wildman–Crippen MR) is 89.1 cm³/mol. The van der Waals surface area contributed by atoms with Crippen molar-refractivity contribution in [1.82, 2.24) is 9.55 Å². The third-order valence-electron chi connectivity index (χ3n) is 3.67. The van der Waals surface area contributed by atoms with Gasteiger partial charge in [-0.15, -0.1) is 0 Å². The number of rotatable bonds is 2. The molecule has 0 atom stereocenters. The van der Waals surface area contributed by atoms with Gasteiger partial charge in [0.1, 0.15) is 23.2 Å². The Kier molecular flexibility index (Phi) is 3.99. The lowest BCUT2D eigenvalue weighted by Gasteiger charge is -2.04. The van der Waals surface area contributed by atoms with Crippen LogP contribution in [0.25, 0.3) is 10.9 Å². The summed E-state index contributed by atoms with van der Waals surface area (Å²) < 4.78 is 7.33. The SMILES string of the molecule is CCn1c(C#Cc2ccccn2)c(C#N)c2ccc(OC)cc21. The molecule has 0 bridgehead atoms. The first-order valence-electron chi connectivity index (χ1n) is 7.32. The Hall–Kier alpha value is -3.24. The molecule has 0 unspecified atom stereocenters. The predicted octanol–water partition coefficient (Wildman–Crippen LogP) is 3.34. The van der Waals surface area contributed by atoms with Crippen molar-refractivity contribution in [1.29, 1.82) is 5.26 Å². The van der Waals surface area contributed by atoms with Gasteiger partial charge in [0.15, 0.2) is 0 Å². The van der Waals surface area contributed by atoms with E-state index in [2.05, 4.69) is 22.9 Å². The zero-order valence-electron chi connectivity index (χ0n) is 13.0. The lowest BCUT2D eigenvalue weighted by Crippen LogP contribution is -1.98. The highest BCUT2D eigenvalue weighted by Crippen LogP contribution is 2.28. The topological polar surface area (TPSA) is 50.8 Å². The summed E-state index contributed by atoms with van der Waals surface area (Å²) in [5.41, 5.74) is 2.94. The van der Waals surface area contributed by atoms with E-state index < -0.39 is 0 Å². The fraction of sp³-hybridized carbons (Fsp3) is 0.158. The van der Waals surface area contributed by atoms with Crippen LogP contribution in [-0.4, -0.2) is 16.7 Å². The maximum Gasteiger partial charge on any atom is 0.120 e. The second-order valence-corrected chi connectivity index (χ2v) is 4.93. The molecule has 4 nitrogen and oxygen atoms in total. The molecule has 0 aliphatic rings. The van der Waals surface area contributed by atoms with E-state index in [0.717, 1.165) is 23.2 Å². The standard InChI is InChI=1S/C19H15N3O/c1-3-22-18(10-7-14-6-4-5-11-21-14)17(13-20)16-9-8-15(23-2)12-19(16)22/h4-6,8-9,11-12H,3H2,1-2H3. The van der Waals surface area contributed by atoms with Crippen LogP contribution in [0, 0.1) is 23.2 Å². The van der Waals surface area contributed by atoms with Gasteiger partial charge < -0.3 is 9.30 Å². The molecule has 0 saturated carbocycles. The van der Waals surface area contributed by atoms with E-state index in [4.69, 9.17) is 4.74 Å². The molecule has 4 heteroatoms. The third-order valence-corrected chi connectivity index (χ3v) is 3.67. The maximum absolute atomic E-state index is 9.57. The first-order chi connectivity index (χ1) is 11.3. The second kappa shape index (κ2) is 6.25. The van der Waals surface area contributed by atoms with Gasteiger partial charge in [0.25, 0.3) is 0 Å². The second-order valence-electron chi connectivity index (χ2n) is 4.93. The minimum atomic E-state index is 0.591. The number of ether oxygens (including phenoxy) is 1. The van der Waals surface area contributed by atoms with Crippen LogP contribution in [0.2, 0.25) is 0 Å². The van der Waals surface area contributed by atoms with Gasteiger partial charge in [0, 0.05) is 24.2 Å². The van der Waals surface area contributed by atoms with Gasteiger partial charge in [0.2, 0.25) is 0 Å². The minimum Gasteiger partial charge on any atom is -0.497 e. The molecule has 1 aromatic carbocycles. The van der Waals surface area contributed by atoms with Crippen LogP contribution in [-0.2, 0) is 6.54 Å². The van der Waals surface area contributed by atoms with Crippen molar-refractivity contribution < 1.29 is 4.74 Å². The van der Waals surface area contributed by atoms with Gasteiger partial charge in [-0.2, -0.15) is 5.26 Å². The van der Waals surface area contributed by atoms with Crippen molar-refractivity contribution in [2.45, 2.75) is 13.5 Å². The van der Waals surface area contributed by atoms with Gasteiger partial charge in [-0.05, 0) is 43.0 Å². The Morgan fingerprint density at radius 2 is 2.09 bits per heavy atom. The lowest BCUT2D eigenvalue weighted by atomic mass is 10.1. The van der Waals surface area contributed by atoms with Crippen molar-refractivity contribution >= 4 is 10.9 Å². The van der Waals surface area contributed by atoms with E-state index >= 15 is 0 Å². The Morgan fingerprint density at radius 3 is 2.74 bits per heavy atom. The summed E-state index contributed by atoms with van der Waals surface area (Å²) in [6.07, 6.45) is 1.70. The number of methoxy groups -OCH3 is 1. The van der Waals surface area contributed by atoms with Crippen LogP contribution < -0.4 is 4.74 Å². The highest BCUT2D eigenvalue weighted by Gasteiger charge is 2.15. The maximum atomic E-state index is 9.57. The molecule has 0 fully saturated rings. The molecule has 112 valence electrons. The number of nitrogens with zero attached hydrogens (tertiary/aromatic N) is 3. The minimum absolute atomic E-state index is 0.591. The number of hydrogen-bond acceptors (Lipinski definition) is 3. The van der Waals surface area contributed by atoms with Crippen LogP contribution in [0.15, 0.2) is 42.6 Å². The molecule has 0 aliphatic heterocycles. The quantitative estimate of drug-likeness (QED) is 0.682. The zero-order chi connectivity index (χ0) is 16.2. The van der Waals surface area contributed by atoms with E-state index in [-0.39, 0.29) is 0 Å². The number of fused-ring (bicyclic) bond motifs is 1. The van der Waals surface area contributed by atoms with Gasteiger partial charge in [-0.25, -0.2) is 4.98 Å². The Morgan fingerprint density at radius 1 is 1.22 bits per heavy atom. The van der Waals surface area contributed by atoms with Crippen LogP contribution in [0.4, 0.5) is 0 Å². The Labute approximate surface area is 135 Å². The molecular weight excluding hydrogens is 286 g/mol. The smallest absolute Gasteiger partial charge is 0.120 e. The van der Waals surface area contributed by atoms with E-state index in [9.17, 15) is 5.26 Å². The highest BCUT2D eigenvalue weighted by atomic mass is 16.5. The molecule has 3 aromatic rings. The summed E-state index contributed by atoms with van der Waals surface area (Å²) in [5.74, 6) is 6.91. The average molecular weight is 301 g/mol. The first-order valence-corrected chi connectivity index (χ1v) is 7.32. The van der Waals surface area contributed by atoms with Crippen LogP contribution in [0.1, 0.15) is 23.9 Å². The molecule has 0 amide bonds. The van der Waals surface area contributed by atoms with Gasteiger partial charge in [0.05, 0.1) is 18.2 Å². The van der Waals surface area contributed by atoms with Crippen LogP contribution >= 0.6 is 0 Å². The summed E-state index contributed by atoms with van der Waals surface area (Å²) >= 11 is 0. The molecule has 0 N–H and O–H groups in total. The van der Waals surface area contributed by atoms with Crippen LogP contribution in [0.3, 0.4) is 0 Å². The number of pyridine rings is 1. The van der Waals surface area contributed by atoms with Gasteiger partial charge in [-0.3, -0.25) is 0 Å². The third kappa shape index (κ3) is 2.63. The molecule has 0 radical (unpaired) electrons. The molecule has 0 saturated heterocycles. The fourth-order valence-electron chi connectivity index (χ4n) is 2.59. The molecule has 23 heavy (non-hydrogen) atoms. The first kappa shape index (κ1) is 14.7. The van der Waals surface area contributed by atoms with Crippen molar-refractivity contribution in [3.63, 3.8) is 0 Å². The van der Waals surface area contributed by atoms with E-state index in [1.54, 1.807) is 13.3 Å². The number of benzene rings is 1. The largest absolute Gasteiger partial charge is 0.497 e. The molecule has 0 aliphatic carbocycles. The van der Waals surface area contributed by atoms with Gasteiger partial charge in [-0.1, -0.05) is 6.07 Å². The number of aryl methyl sites for hydroxylation is 1. The van der Waals surface area contributed by atoms with Crippen molar-refractivity contribution in [2.24, 2.45) is 0 Å². The molecule has 3 rings (SSSR count). The Balaban J connectivity index is 2.24. The summed E-state index contributed by atoms with van der Waals surface area (Å²) in [4.78, 5) is 4.20. The number of hydrogen-bond donors (Lipinski definition) is 0. The van der Waals surface area contributed by atoms with Gasteiger partial charge >= 0.3 is 0 Å². The number of aromatic nitrogens is 2. The highest BCUT2D eigenvalue weighted by molar-refractivity contribution is 5.90. The summed E-state index contributed by atoms with van der Waals surface area (Å²) in [6.45, 7) is 2.75. The fourth-order valence-corrected chi connectivity index (χ4v) is 2.59. The number of nitriles is 1. The van der Waals surface area contributed by atoms with Crippen molar-refractivity contribution in [2.75, 3.05) is 7.11 Å². The molecule has 0 spiro atoms. The summed E-state index contributed by atoms with van der Waals surface area (Å²) in [6, 6.07) is 13.6. The van der Waals surface area contributed by atoms with E-state index in [1.807, 2.05) is 47.9 Å². The van der Waals surface area contributed by atoms with Crippen LogP contribution in [0.5, 0.6) is 5.75 Å². The summed E-state index contributed by atoms with van der Waals surface area (Å²) in [5, 5.41) is 10.5. The van der Waals surface area contributed by atoms with Crippen molar-refractivity contribution in [3.05, 3.63) is 59.5 Å². The monoisotopic (exact) mass is 301 g/mol. The average Bonchev–Trinajstić information content (AvgIpc) is 2.92. The lowest BCUT2D eigenvalue weighted by molar-refractivity contribution is 0.415. The van der Waals surface area contributed by atoms with E-state index in [0.29, 0.717) is 17.0 Å². The normalized spacial score (nSPS) is 9.96. The summed E-state index contributed by atoms with van der Waals surface area (Å²) in [7, 11) is 1.63. The zero-order valence-corrected chi connectivity index (χ0v) is 13.0.